The highest BCUT2D eigenvalue weighted by Gasteiger charge is 2.24. The minimum atomic E-state index is -0.156. The lowest BCUT2D eigenvalue weighted by molar-refractivity contribution is -0.0367. The predicted molar refractivity (Wildman–Crippen MR) is 123 cm³/mol. The Kier molecular flexibility index (Phi) is 10.9. The summed E-state index contributed by atoms with van der Waals surface area (Å²) < 4.78 is 25.3. The van der Waals surface area contributed by atoms with Crippen LogP contribution in [0.1, 0.15) is 25.7 Å². The van der Waals surface area contributed by atoms with Gasteiger partial charge in [-0.15, -0.1) is 35.7 Å². The molecule has 0 aromatic heterocycles. The standard InChI is InChI=1S/C20H30FN3O2S.HI/c1-22-20(23-10-14-27-19-7-3-2-6-18(19)21)24-11-8-16(9-12-24)26-15-17-5-4-13-25-17;/h2-3,6-7,16-17H,4-5,8-15H2,1H3,(H,22,23);1H. The van der Waals surface area contributed by atoms with Crippen molar-refractivity contribution in [2.75, 3.05) is 45.6 Å². The summed E-state index contributed by atoms with van der Waals surface area (Å²) in [5, 5.41) is 3.39. The van der Waals surface area contributed by atoms with E-state index in [9.17, 15) is 4.39 Å². The Balaban J connectivity index is 0.00000280. The fourth-order valence-corrected chi connectivity index (χ4v) is 4.28. The first kappa shape index (κ1) is 23.7. The summed E-state index contributed by atoms with van der Waals surface area (Å²) in [6.45, 7) is 4.24. The SMILES string of the molecule is CN=C(NCCSc1ccccc1F)N1CCC(OCC2CCCO2)CC1.I. The van der Waals surface area contributed by atoms with Crippen molar-refractivity contribution in [3.05, 3.63) is 30.1 Å². The van der Waals surface area contributed by atoms with Gasteiger partial charge in [0.05, 0.1) is 18.8 Å². The molecule has 5 nitrogen and oxygen atoms in total. The number of benzene rings is 1. The molecule has 8 heteroatoms. The highest BCUT2D eigenvalue weighted by Crippen LogP contribution is 2.21. The van der Waals surface area contributed by atoms with Gasteiger partial charge in [0.2, 0.25) is 0 Å². The maximum absolute atomic E-state index is 13.6. The summed E-state index contributed by atoms with van der Waals surface area (Å²) in [5.74, 6) is 1.56. The molecule has 158 valence electrons. The lowest BCUT2D eigenvalue weighted by atomic mass is 10.1. The molecule has 0 amide bonds. The number of hydrogen-bond acceptors (Lipinski definition) is 4. The van der Waals surface area contributed by atoms with Crippen LogP contribution in [0.5, 0.6) is 0 Å². The zero-order valence-electron chi connectivity index (χ0n) is 16.4. The molecule has 0 saturated carbocycles. The Morgan fingerprint density at radius 3 is 2.79 bits per heavy atom. The van der Waals surface area contributed by atoms with Gasteiger partial charge in [-0.05, 0) is 37.8 Å². The maximum atomic E-state index is 13.6. The van der Waals surface area contributed by atoms with Crippen molar-refractivity contribution < 1.29 is 13.9 Å². The van der Waals surface area contributed by atoms with Crippen molar-refractivity contribution in [1.29, 1.82) is 0 Å². The van der Waals surface area contributed by atoms with Crippen LogP contribution in [-0.2, 0) is 9.47 Å². The summed E-state index contributed by atoms with van der Waals surface area (Å²) >= 11 is 1.52. The summed E-state index contributed by atoms with van der Waals surface area (Å²) in [6.07, 6.45) is 4.92. The molecule has 3 rings (SSSR count). The lowest BCUT2D eigenvalue weighted by Gasteiger charge is -2.34. The van der Waals surface area contributed by atoms with E-state index in [0.29, 0.717) is 17.1 Å². The van der Waals surface area contributed by atoms with Gasteiger partial charge in [0, 0.05) is 43.9 Å². The monoisotopic (exact) mass is 523 g/mol. The highest BCUT2D eigenvalue weighted by molar-refractivity contribution is 14.0. The molecule has 0 radical (unpaired) electrons. The first-order valence-corrected chi connectivity index (χ1v) is 10.8. The molecule has 0 bridgehead atoms. The Morgan fingerprint density at radius 2 is 2.11 bits per heavy atom. The van der Waals surface area contributed by atoms with Crippen molar-refractivity contribution in [2.24, 2.45) is 4.99 Å². The van der Waals surface area contributed by atoms with E-state index in [4.69, 9.17) is 9.47 Å². The number of ether oxygens (including phenoxy) is 2. The summed E-state index contributed by atoms with van der Waals surface area (Å²) in [4.78, 5) is 7.37. The second kappa shape index (κ2) is 12.9. The van der Waals surface area contributed by atoms with E-state index in [1.165, 1.54) is 17.8 Å². The number of likely N-dealkylation sites (tertiary alicyclic amines) is 1. The lowest BCUT2D eigenvalue weighted by Crippen LogP contribution is -2.47. The quantitative estimate of drug-likeness (QED) is 0.194. The summed E-state index contributed by atoms with van der Waals surface area (Å²) in [7, 11) is 1.81. The van der Waals surface area contributed by atoms with Crippen LogP contribution in [0.15, 0.2) is 34.2 Å². The molecular weight excluding hydrogens is 492 g/mol. The van der Waals surface area contributed by atoms with E-state index in [2.05, 4.69) is 15.2 Å². The largest absolute Gasteiger partial charge is 0.376 e. The first-order chi connectivity index (χ1) is 13.3. The first-order valence-electron chi connectivity index (χ1n) is 9.82. The number of thioether (sulfide) groups is 1. The molecule has 0 spiro atoms. The zero-order chi connectivity index (χ0) is 18.9. The molecule has 2 aliphatic heterocycles. The van der Waals surface area contributed by atoms with Crippen LogP contribution in [-0.4, -0.2) is 68.7 Å². The average molecular weight is 523 g/mol. The van der Waals surface area contributed by atoms with Crippen LogP contribution in [0, 0.1) is 5.82 Å². The van der Waals surface area contributed by atoms with E-state index >= 15 is 0 Å². The number of halogens is 2. The molecule has 2 fully saturated rings. The van der Waals surface area contributed by atoms with Crippen LogP contribution in [0.4, 0.5) is 4.39 Å². The zero-order valence-corrected chi connectivity index (χ0v) is 19.6. The van der Waals surface area contributed by atoms with Crippen LogP contribution < -0.4 is 5.32 Å². The van der Waals surface area contributed by atoms with Gasteiger partial charge in [-0.3, -0.25) is 4.99 Å². The van der Waals surface area contributed by atoms with Crippen molar-refractivity contribution in [3.8, 4) is 0 Å². The van der Waals surface area contributed by atoms with E-state index in [0.717, 1.165) is 70.2 Å². The van der Waals surface area contributed by atoms with Crippen LogP contribution in [0.3, 0.4) is 0 Å². The normalized spacial score (nSPS) is 20.9. The van der Waals surface area contributed by atoms with Gasteiger partial charge in [0.25, 0.3) is 0 Å². The van der Waals surface area contributed by atoms with Gasteiger partial charge in [-0.1, -0.05) is 12.1 Å². The van der Waals surface area contributed by atoms with Crippen molar-refractivity contribution in [1.82, 2.24) is 10.2 Å². The van der Waals surface area contributed by atoms with E-state index in [-0.39, 0.29) is 29.8 Å². The Hall–Kier alpha value is -0.580. The molecule has 2 saturated heterocycles. The third-order valence-corrected chi connectivity index (χ3v) is 6.02. The maximum Gasteiger partial charge on any atom is 0.193 e. The smallest absolute Gasteiger partial charge is 0.193 e. The van der Waals surface area contributed by atoms with Crippen LogP contribution in [0.2, 0.25) is 0 Å². The van der Waals surface area contributed by atoms with E-state index < -0.39 is 0 Å². The Morgan fingerprint density at radius 1 is 1.32 bits per heavy atom. The van der Waals surface area contributed by atoms with Gasteiger partial charge < -0.3 is 19.7 Å². The van der Waals surface area contributed by atoms with Crippen molar-refractivity contribution >= 4 is 41.7 Å². The van der Waals surface area contributed by atoms with Gasteiger partial charge in [0.15, 0.2) is 5.96 Å². The van der Waals surface area contributed by atoms with E-state index in [1.807, 2.05) is 19.2 Å². The summed E-state index contributed by atoms with van der Waals surface area (Å²) in [6, 6.07) is 6.90. The molecular formula is C20H31FIN3O2S. The fraction of sp³-hybridized carbons (Fsp3) is 0.650. The highest BCUT2D eigenvalue weighted by atomic mass is 127. The fourth-order valence-electron chi connectivity index (χ4n) is 3.47. The second-order valence-electron chi connectivity index (χ2n) is 6.91. The predicted octanol–water partition coefficient (Wildman–Crippen LogP) is 3.77. The Labute approximate surface area is 188 Å². The number of aliphatic imine (C=N–C) groups is 1. The molecule has 1 atom stereocenters. The number of nitrogens with zero attached hydrogens (tertiary/aromatic N) is 2. The molecule has 2 heterocycles. The number of piperidine rings is 1. The van der Waals surface area contributed by atoms with Gasteiger partial charge in [-0.25, -0.2) is 4.39 Å². The minimum absolute atomic E-state index is 0. The molecule has 1 aromatic rings. The average Bonchev–Trinajstić information content (AvgIpc) is 3.22. The van der Waals surface area contributed by atoms with Gasteiger partial charge in [0.1, 0.15) is 5.82 Å². The second-order valence-corrected chi connectivity index (χ2v) is 8.04. The minimum Gasteiger partial charge on any atom is -0.376 e. The number of nitrogens with one attached hydrogen (secondary N) is 1. The number of guanidine groups is 1. The Bertz CT molecular complexity index is 609. The third-order valence-electron chi connectivity index (χ3n) is 4.97. The van der Waals surface area contributed by atoms with Crippen molar-refractivity contribution in [3.63, 3.8) is 0 Å². The summed E-state index contributed by atoms with van der Waals surface area (Å²) in [5.41, 5.74) is 0. The van der Waals surface area contributed by atoms with E-state index in [1.54, 1.807) is 6.07 Å². The third kappa shape index (κ3) is 7.35. The molecule has 1 unspecified atom stereocenters. The van der Waals surface area contributed by atoms with Gasteiger partial charge >= 0.3 is 0 Å². The molecule has 0 aliphatic carbocycles. The molecule has 1 aromatic carbocycles. The topological polar surface area (TPSA) is 46.1 Å². The molecule has 1 N–H and O–H groups in total. The van der Waals surface area contributed by atoms with Crippen molar-refractivity contribution in [2.45, 2.75) is 42.8 Å². The van der Waals surface area contributed by atoms with Gasteiger partial charge in [-0.2, -0.15) is 0 Å². The number of hydrogen-bond donors (Lipinski definition) is 1. The number of rotatable bonds is 7. The molecule has 28 heavy (non-hydrogen) atoms. The van der Waals surface area contributed by atoms with Crippen LogP contribution in [0.25, 0.3) is 0 Å². The van der Waals surface area contributed by atoms with Crippen LogP contribution >= 0.6 is 35.7 Å². The molecule has 2 aliphatic rings.